The Kier molecular flexibility index (Phi) is 5.66. The van der Waals surface area contributed by atoms with Crippen LogP contribution in [-0.2, 0) is 0 Å². The number of H-pyrrole nitrogens is 1. The number of nitrogens with zero attached hydrogens (tertiary/aromatic N) is 3. The van der Waals surface area contributed by atoms with Crippen molar-refractivity contribution in [1.82, 2.24) is 20.2 Å². The predicted molar refractivity (Wildman–Crippen MR) is 108 cm³/mol. The molecular weight excluding hydrogens is 365 g/mol. The summed E-state index contributed by atoms with van der Waals surface area (Å²) in [7, 11) is 0. The number of hydrogen-bond acceptors (Lipinski definition) is 4. The molecule has 5 nitrogen and oxygen atoms in total. The van der Waals surface area contributed by atoms with Gasteiger partial charge in [-0.15, -0.1) is 12.4 Å². The molecule has 4 aromatic rings. The third kappa shape index (κ3) is 4.23. The maximum atomic E-state index is 13.4. The summed E-state index contributed by atoms with van der Waals surface area (Å²) in [6.45, 7) is 2.70. The van der Waals surface area contributed by atoms with Crippen molar-refractivity contribution in [2.24, 2.45) is 0 Å². The van der Waals surface area contributed by atoms with Gasteiger partial charge in [-0.2, -0.15) is 5.10 Å². The average Bonchev–Trinajstić information content (AvgIpc) is 3.20. The van der Waals surface area contributed by atoms with Crippen LogP contribution >= 0.6 is 12.4 Å². The number of nitrogens with one attached hydrogen (secondary N) is 2. The smallest absolute Gasteiger partial charge is 0.145 e. The average molecular weight is 384 g/mol. The second-order valence-corrected chi connectivity index (χ2v) is 6.28. The number of aromatic nitrogens is 4. The van der Waals surface area contributed by atoms with Gasteiger partial charge >= 0.3 is 0 Å². The summed E-state index contributed by atoms with van der Waals surface area (Å²) in [5, 5.41) is 10.1. The Balaban J connectivity index is 0.00000210. The molecule has 138 valence electrons. The molecule has 0 saturated carbocycles. The lowest BCUT2D eigenvalue weighted by atomic mass is 10.0. The molecule has 0 fully saturated rings. The van der Waals surface area contributed by atoms with Gasteiger partial charge in [-0.1, -0.05) is 25.1 Å². The summed E-state index contributed by atoms with van der Waals surface area (Å²) in [4.78, 5) is 9.11. The fourth-order valence-corrected chi connectivity index (χ4v) is 2.87. The highest BCUT2D eigenvalue weighted by Gasteiger charge is 2.08. The summed E-state index contributed by atoms with van der Waals surface area (Å²) in [5.74, 6) is 0.650. The van der Waals surface area contributed by atoms with Gasteiger partial charge in [0.2, 0.25) is 0 Å². The quantitative estimate of drug-likeness (QED) is 0.519. The molecule has 4 rings (SSSR count). The molecule has 0 aliphatic rings. The number of fused-ring (bicyclic) bond motifs is 1. The van der Waals surface area contributed by atoms with E-state index in [1.807, 2.05) is 37.4 Å². The minimum absolute atomic E-state index is 0. The van der Waals surface area contributed by atoms with Crippen molar-refractivity contribution in [1.29, 1.82) is 0 Å². The first-order valence-corrected chi connectivity index (χ1v) is 8.44. The van der Waals surface area contributed by atoms with Gasteiger partial charge in [0, 0.05) is 18.3 Å². The van der Waals surface area contributed by atoms with Crippen molar-refractivity contribution in [2.75, 3.05) is 11.9 Å². The van der Waals surface area contributed by atoms with E-state index in [1.165, 1.54) is 6.07 Å². The molecule has 2 N–H and O–H groups in total. The van der Waals surface area contributed by atoms with Crippen LogP contribution < -0.4 is 5.32 Å². The molecule has 0 unspecified atom stereocenters. The van der Waals surface area contributed by atoms with E-state index in [0.29, 0.717) is 12.4 Å². The van der Waals surface area contributed by atoms with Crippen molar-refractivity contribution in [3.8, 4) is 11.1 Å². The fourth-order valence-electron chi connectivity index (χ4n) is 2.87. The largest absolute Gasteiger partial charge is 0.368 e. The van der Waals surface area contributed by atoms with Crippen molar-refractivity contribution < 1.29 is 4.39 Å². The monoisotopic (exact) mass is 383 g/mol. The molecule has 2 heterocycles. The highest BCUT2D eigenvalue weighted by Crippen LogP contribution is 2.23. The van der Waals surface area contributed by atoms with Crippen LogP contribution in [0, 0.1) is 5.82 Å². The van der Waals surface area contributed by atoms with Crippen molar-refractivity contribution in [2.45, 2.75) is 12.8 Å². The molecule has 2 aromatic heterocycles. The summed E-state index contributed by atoms with van der Waals surface area (Å²) in [6.07, 6.45) is 5.34. The SMILES string of the molecule is C[C@@H](CNc1cnc2cc(-c3cn[nH]c3)ccc2n1)c1cccc(F)c1.Cl. The Morgan fingerprint density at radius 3 is 2.74 bits per heavy atom. The van der Waals surface area contributed by atoms with E-state index in [0.717, 1.165) is 27.7 Å². The Morgan fingerprint density at radius 1 is 1.07 bits per heavy atom. The molecule has 0 spiro atoms. The van der Waals surface area contributed by atoms with E-state index in [1.54, 1.807) is 24.5 Å². The van der Waals surface area contributed by atoms with E-state index in [4.69, 9.17) is 0 Å². The summed E-state index contributed by atoms with van der Waals surface area (Å²) >= 11 is 0. The predicted octanol–water partition coefficient (Wildman–Crippen LogP) is 4.80. The second-order valence-electron chi connectivity index (χ2n) is 6.28. The van der Waals surface area contributed by atoms with Crippen molar-refractivity contribution in [3.63, 3.8) is 0 Å². The van der Waals surface area contributed by atoms with Crippen LogP contribution in [0.25, 0.3) is 22.2 Å². The lowest BCUT2D eigenvalue weighted by Gasteiger charge is -2.14. The lowest BCUT2D eigenvalue weighted by Crippen LogP contribution is -2.11. The number of hydrogen-bond donors (Lipinski definition) is 2. The Bertz CT molecular complexity index is 1040. The third-order valence-corrected chi connectivity index (χ3v) is 4.38. The van der Waals surface area contributed by atoms with E-state index in [9.17, 15) is 4.39 Å². The van der Waals surface area contributed by atoms with Crippen LogP contribution in [0.4, 0.5) is 10.2 Å². The van der Waals surface area contributed by atoms with Gasteiger partial charge in [-0.05, 0) is 41.3 Å². The number of benzene rings is 2. The molecule has 7 heteroatoms. The molecule has 1 atom stereocenters. The molecule has 2 aromatic carbocycles. The standard InChI is InChI=1S/C20H18FN5.ClH/c1-13(14-3-2-4-17(21)7-14)9-23-20-12-22-19-8-15(5-6-18(19)26-20)16-10-24-25-11-16;/h2-8,10-13H,9H2,1H3,(H,23,26)(H,24,25);1H/t13-;/m0./s1. The normalized spacial score (nSPS) is 11.8. The highest BCUT2D eigenvalue weighted by atomic mass is 35.5. The van der Waals surface area contributed by atoms with Gasteiger partial charge in [0.15, 0.2) is 0 Å². The van der Waals surface area contributed by atoms with Gasteiger partial charge in [0.1, 0.15) is 11.6 Å². The molecule has 0 saturated heterocycles. The fraction of sp³-hybridized carbons (Fsp3) is 0.150. The van der Waals surface area contributed by atoms with Gasteiger partial charge in [-0.25, -0.2) is 9.37 Å². The second kappa shape index (κ2) is 8.14. The summed E-state index contributed by atoms with van der Waals surface area (Å²) in [5.41, 5.74) is 4.66. The highest BCUT2D eigenvalue weighted by molar-refractivity contribution is 5.85. The van der Waals surface area contributed by atoms with E-state index in [2.05, 4.69) is 25.5 Å². The maximum absolute atomic E-state index is 13.4. The summed E-state index contributed by atoms with van der Waals surface area (Å²) < 4.78 is 13.4. The molecule has 0 aliphatic heterocycles. The first kappa shape index (κ1) is 18.8. The summed E-state index contributed by atoms with van der Waals surface area (Å²) in [6, 6.07) is 12.6. The van der Waals surface area contributed by atoms with Crippen LogP contribution in [0.5, 0.6) is 0 Å². The molecule has 0 radical (unpaired) electrons. The van der Waals surface area contributed by atoms with Crippen molar-refractivity contribution in [3.05, 3.63) is 72.4 Å². The third-order valence-electron chi connectivity index (χ3n) is 4.38. The van der Waals surface area contributed by atoms with Crippen LogP contribution in [0.1, 0.15) is 18.4 Å². The molecular formula is C20H19ClFN5. The molecule has 0 aliphatic carbocycles. The van der Waals surface area contributed by atoms with Crippen LogP contribution in [0.15, 0.2) is 61.1 Å². The van der Waals surface area contributed by atoms with Gasteiger partial charge in [0.25, 0.3) is 0 Å². The topological polar surface area (TPSA) is 66.5 Å². The number of rotatable bonds is 5. The Hall–Kier alpha value is -2.99. The minimum Gasteiger partial charge on any atom is -0.368 e. The van der Waals surface area contributed by atoms with E-state index in [-0.39, 0.29) is 24.1 Å². The minimum atomic E-state index is -0.215. The molecule has 27 heavy (non-hydrogen) atoms. The lowest BCUT2D eigenvalue weighted by molar-refractivity contribution is 0.622. The van der Waals surface area contributed by atoms with Crippen LogP contribution in [0.3, 0.4) is 0 Å². The number of anilines is 1. The zero-order chi connectivity index (χ0) is 17.9. The van der Waals surface area contributed by atoms with E-state index >= 15 is 0 Å². The Morgan fingerprint density at radius 2 is 1.96 bits per heavy atom. The Labute approximate surface area is 162 Å². The van der Waals surface area contributed by atoms with Crippen LogP contribution in [0.2, 0.25) is 0 Å². The van der Waals surface area contributed by atoms with Crippen molar-refractivity contribution >= 4 is 29.3 Å². The molecule has 0 amide bonds. The number of halogens is 2. The van der Waals surface area contributed by atoms with E-state index < -0.39 is 0 Å². The zero-order valence-electron chi connectivity index (χ0n) is 14.7. The number of aromatic amines is 1. The first-order valence-electron chi connectivity index (χ1n) is 8.44. The zero-order valence-corrected chi connectivity index (χ0v) is 15.5. The van der Waals surface area contributed by atoms with Crippen LogP contribution in [-0.4, -0.2) is 26.7 Å². The molecule has 0 bridgehead atoms. The van der Waals surface area contributed by atoms with Gasteiger partial charge < -0.3 is 5.32 Å². The maximum Gasteiger partial charge on any atom is 0.145 e. The van der Waals surface area contributed by atoms with Gasteiger partial charge in [0.05, 0.1) is 23.4 Å². The van der Waals surface area contributed by atoms with Gasteiger partial charge in [-0.3, -0.25) is 10.1 Å². The first-order chi connectivity index (χ1) is 12.7.